The van der Waals surface area contributed by atoms with Gasteiger partial charge in [0.2, 0.25) is 11.9 Å². The first kappa shape index (κ1) is 23.2. The second-order valence-electron chi connectivity index (χ2n) is 8.57. The number of piperazine rings is 1. The van der Waals surface area contributed by atoms with E-state index in [4.69, 9.17) is 0 Å². The Balaban J connectivity index is 1.20. The lowest BCUT2D eigenvalue weighted by Crippen LogP contribution is -2.49. The number of nitrogens with one attached hydrogen (secondary N) is 1. The number of anilines is 2. The third kappa shape index (κ3) is 4.78. The molecule has 2 amide bonds. The van der Waals surface area contributed by atoms with Gasteiger partial charge in [-0.3, -0.25) is 14.4 Å². The van der Waals surface area contributed by atoms with Crippen LogP contribution in [0.2, 0.25) is 0 Å². The van der Waals surface area contributed by atoms with Crippen molar-refractivity contribution in [3.63, 3.8) is 0 Å². The van der Waals surface area contributed by atoms with Crippen LogP contribution in [0.1, 0.15) is 16.1 Å². The minimum absolute atomic E-state index is 0.0567. The zero-order valence-electron chi connectivity index (χ0n) is 19.8. The molecule has 2 aromatic heterocycles. The van der Waals surface area contributed by atoms with E-state index in [0.717, 1.165) is 5.56 Å². The van der Waals surface area contributed by atoms with Crippen LogP contribution in [0.4, 0.5) is 11.6 Å². The van der Waals surface area contributed by atoms with Crippen LogP contribution in [0, 0.1) is 0 Å². The summed E-state index contributed by atoms with van der Waals surface area (Å²) in [5.41, 5.74) is 1.35. The summed E-state index contributed by atoms with van der Waals surface area (Å²) in [6.07, 6.45) is 3.71. The van der Waals surface area contributed by atoms with E-state index in [1.54, 1.807) is 54.9 Å². The highest BCUT2D eigenvalue weighted by molar-refractivity contribution is 6.11. The van der Waals surface area contributed by atoms with Gasteiger partial charge in [0.25, 0.3) is 11.5 Å². The summed E-state index contributed by atoms with van der Waals surface area (Å²) in [4.78, 5) is 50.5. The van der Waals surface area contributed by atoms with E-state index in [1.807, 2.05) is 17.0 Å². The summed E-state index contributed by atoms with van der Waals surface area (Å²) >= 11 is 0. The van der Waals surface area contributed by atoms with E-state index < -0.39 is 5.91 Å². The van der Waals surface area contributed by atoms with Crippen molar-refractivity contribution in [2.24, 2.45) is 7.05 Å². The SMILES string of the molecule is Cn1nc(C(=O)Nc2ccc(CC(=O)N3CCN(c4ncccn4)CC3)cc2)c2ccccc2c1=O. The standard InChI is InChI=1S/C26H25N7O3/c1-31-25(36)21-6-3-2-5-20(21)23(30-31)24(35)29-19-9-7-18(8-10-19)17-22(34)32-13-15-33(16-14-32)26-27-11-4-12-28-26/h2-12H,13-17H2,1H3,(H,29,35). The molecule has 10 heteroatoms. The molecule has 0 saturated carbocycles. The predicted molar refractivity (Wildman–Crippen MR) is 136 cm³/mol. The van der Waals surface area contributed by atoms with Crippen LogP contribution in [-0.4, -0.2) is 62.6 Å². The predicted octanol–water partition coefficient (Wildman–Crippen LogP) is 1.87. The Morgan fingerprint density at radius 1 is 0.889 bits per heavy atom. The highest BCUT2D eigenvalue weighted by Gasteiger charge is 2.22. The molecule has 0 unspecified atom stereocenters. The number of carbonyl (C=O) groups excluding carboxylic acids is 2. The van der Waals surface area contributed by atoms with Gasteiger partial charge in [-0.05, 0) is 29.8 Å². The number of hydrogen-bond donors (Lipinski definition) is 1. The van der Waals surface area contributed by atoms with Crippen LogP contribution < -0.4 is 15.8 Å². The smallest absolute Gasteiger partial charge is 0.276 e. The second kappa shape index (κ2) is 9.95. The molecule has 3 heterocycles. The van der Waals surface area contributed by atoms with E-state index in [2.05, 4.69) is 25.3 Å². The summed E-state index contributed by atoms with van der Waals surface area (Å²) in [6.45, 7) is 2.61. The summed E-state index contributed by atoms with van der Waals surface area (Å²) in [6, 6.07) is 15.9. The third-order valence-electron chi connectivity index (χ3n) is 6.21. The average molecular weight is 484 g/mol. The van der Waals surface area contributed by atoms with Gasteiger partial charge in [0.15, 0.2) is 5.69 Å². The number of hydrogen-bond acceptors (Lipinski definition) is 7. The van der Waals surface area contributed by atoms with Crippen molar-refractivity contribution in [1.29, 1.82) is 0 Å². The van der Waals surface area contributed by atoms with Crippen molar-refractivity contribution in [2.45, 2.75) is 6.42 Å². The Morgan fingerprint density at radius 2 is 1.56 bits per heavy atom. The molecule has 0 atom stereocenters. The number of carbonyl (C=O) groups is 2. The first-order chi connectivity index (χ1) is 17.5. The maximum atomic E-state index is 12.9. The lowest BCUT2D eigenvalue weighted by Gasteiger charge is -2.34. The third-order valence-corrected chi connectivity index (χ3v) is 6.21. The fourth-order valence-corrected chi connectivity index (χ4v) is 4.26. The van der Waals surface area contributed by atoms with Crippen LogP contribution in [0.3, 0.4) is 0 Å². The van der Waals surface area contributed by atoms with Crippen LogP contribution in [-0.2, 0) is 18.3 Å². The lowest BCUT2D eigenvalue weighted by atomic mass is 10.1. The zero-order chi connectivity index (χ0) is 25.1. The number of fused-ring (bicyclic) bond motifs is 1. The Hall–Kier alpha value is -4.60. The molecule has 1 aliphatic rings. The van der Waals surface area contributed by atoms with Crippen molar-refractivity contribution in [3.8, 4) is 0 Å². The molecule has 0 radical (unpaired) electrons. The number of rotatable bonds is 5. The Labute approximate surface area is 207 Å². The maximum Gasteiger partial charge on any atom is 0.276 e. The van der Waals surface area contributed by atoms with E-state index in [-0.39, 0.29) is 23.6 Å². The molecule has 4 aromatic rings. The van der Waals surface area contributed by atoms with Gasteiger partial charge in [-0.1, -0.05) is 30.3 Å². The molecule has 0 spiro atoms. The first-order valence-electron chi connectivity index (χ1n) is 11.7. The molecular formula is C26H25N7O3. The Bertz CT molecular complexity index is 1460. The zero-order valence-corrected chi connectivity index (χ0v) is 19.8. The fraction of sp³-hybridized carbons (Fsp3) is 0.231. The first-order valence-corrected chi connectivity index (χ1v) is 11.7. The molecule has 1 N–H and O–H groups in total. The maximum absolute atomic E-state index is 12.9. The van der Waals surface area contributed by atoms with Crippen molar-refractivity contribution < 1.29 is 9.59 Å². The van der Waals surface area contributed by atoms with E-state index in [9.17, 15) is 14.4 Å². The molecule has 1 aliphatic heterocycles. The number of amides is 2. The molecule has 5 rings (SSSR count). The van der Waals surface area contributed by atoms with Crippen molar-refractivity contribution in [3.05, 3.63) is 88.6 Å². The molecule has 1 fully saturated rings. The Kier molecular flexibility index (Phi) is 6.40. The molecule has 0 bridgehead atoms. The van der Waals surface area contributed by atoms with Gasteiger partial charge in [0.1, 0.15) is 0 Å². The lowest BCUT2D eigenvalue weighted by molar-refractivity contribution is -0.130. The summed E-state index contributed by atoms with van der Waals surface area (Å²) in [5.74, 6) is 0.329. The normalized spacial score (nSPS) is 13.6. The van der Waals surface area contributed by atoms with Gasteiger partial charge in [0.05, 0.1) is 11.8 Å². The van der Waals surface area contributed by atoms with Crippen LogP contribution >= 0.6 is 0 Å². The van der Waals surface area contributed by atoms with Crippen molar-refractivity contribution >= 4 is 34.2 Å². The van der Waals surface area contributed by atoms with Gasteiger partial charge in [-0.2, -0.15) is 5.10 Å². The van der Waals surface area contributed by atoms with Gasteiger partial charge in [0, 0.05) is 56.7 Å². The largest absolute Gasteiger partial charge is 0.339 e. The average Bonchev–Trinajstić information content (AvgIpc) is 2.92. The van der Waals surface area contributed by atoms with Crippen molar-refractivity contribution in [2.75, 3.05) is 36.4 Å². The van der Waals surface area contributed by atoms with Crippen LogP contribution in [0.5, 0.6) is 0 Å². The van der Waals surface area contributed by atoms with Gasteiger partial charge in [-0.15, -0.1) is 0 Å². The summed E-state index contributed by atoms with van der Waals surface area (Å²) < 4.78 is 1.17. The molecule has 10 nitrogen and oxygen atoms in total. The van der Waals surface area contributed by atoms with Gasteiger partial charge >= 0.3 is 0 Å². The molecule has 1 saturated heterocycles. The minimum atomic E-state index is -0.411. The molecule has 0 aliphatic carbocycles. The van der Waals surface area contributed by atoms with E-state index in [1.165, 1.54) is 11.7 Å². The number of aryl methyl sites for hydroxylation is 1. The summed E-state index contributed by atoms with van der Waals surface area (Å²) in [5, 5.41) is 7.93. The summed E-state index contributed by atoms with van der Waals surface area (Å²) in [7, 11) is 1.52. The molecular weight excluding hydrogens is 458 g/mol. The molecule has 36 heavy (non-hydrogen) atoms. The monoisotopic (exact) mass is 483 g/mol. The molecule has 182 valence electrons. The fourth-order valence-electron chi connectivity index (χ4n) is 4.26. The van der Waals surface area contributed by atoms with Crippen molar-refractivity contribution in [1.82, 2.24) is 24.6 Å². The van der Waals surface area contributed by atoms with Gasteiger partial charge < -0.3 is 15.1 Å². The van der Waals surface area contributed by atoms with Crippen LogP contribution in [0.25, 0.3) is 10.8 Å². The number of benzene rings is 2. The Morgan fingerprint density at radius 3 is 2.25 bits per heavy atom. The quantitative estimate of drug-likeness (QED) is 0.461. The number of nitrogens with zero attached hydrogens (tertiary/aromatic N) is 6. The topological polar surface area (TPSA) is 113 Å². The van der Waals surface area contributed by atoms with E-state index in [0.29, 0.717) is 48.6 Å². The van der Waals surface area contributed by atoms with E-state index >= 15 is 0 Å². The van der Waals surface area contributed by atoms with Gasteiger partial charge in [-0.25, -0.2) is 14.6 Å². The highest BCUT2D eigenvalue weighted by Crippen LogP contribution is 2.17. The van der Waals surface area contributed by atoms with Crippen LogP contribution in [0.15, 0.2) is 71.8 Å². The number of aromatic nitrogens is 4. The second-order valence-corrected chi connectivity index (χ2v) is 8.57. The minimum Gasteiger partial charge on any atom is -0.339 e. The highest BCUT2D eigenvalue weighted by atomic mass is 16.2. The molecule has 2 aromatic carbocycles.